The molecule has 0 aliphatic heterocycles. The van der Waals surface area contributed by atoms with Crippen LogP contribution in [0.2, 0.25) is 5.82 Å². The second-order valence-corrected chi connectivity index (χ2v) is 1.79. The summed E-state index contributed by atoms with van der Waals surface area (Å²) in [5.41, 5.74) is 0. The number of rotatable bonds is 4. The van der Waals surface area contributed by atoms with Gasteiger partial charge in [0.15, 0.2) is 0 Å². The van der Waals surface area contributed by atoms with Crippen LogP contribution in [0.25, 0.3) is 0 Å². The predicted octanol–water partition coefficient (Wildman–Crippen LogP) is -0.503. The molecule has 0 aliphatic carbocycles. The molecule has 0 aliphatic rings. The Hall–Kier alpha value is -1.14. The zero-order chi connectivity index (χ0) is 8.15. The molecule has 2 radical (unpaired) electrons. The average Bonchev–Trinajstić information content (AvgIpc) is 1.58. The van der Waals surface area contributed by atoms with E-state index < -0.39 is 28.8 Å². The molecule has 0 bridgehead atoms. The number of hydrogen-bond donors (Lipinski definition) is 0. The molecule has 0 aromatic heterocycles. The van der Waals surface area contributed by atoms with Crippen LogP contribution in [0.5, 0.6) is 0 Å². The highest BCUT2D eigenvalue weighted by Gasteiger charge is 2.14. The summed E-state index contributed by atoms with van der Waals surface area (Å²) in [5, 5.41) is 19.4. The Balaban J connectivity index is 3.53. The van der Waals surface area contributed by atoms with E-state index >= 15 is 0 Å². The molecule has 7 heteroatoms. The van der Waals surface area contributed by atoms with E-state index in [1.807, 2.05) is 0 Å². The van der Waals surface area contributed by atoms with Crippen molar-refractivity contribution in [1.82, 2.24) is 0 Å². The quantitative estimate of drug-likeness (QED) is 0.302. The van der Waals surface area contributed by atoms with Gasteiger partial charge in [-0.25, -0.2) is 0 Å². The summed E-state index contributed by atoms with van der Waals surface area (Å²) in [7, 11) is 4.99. The molecule has 0 aromatic rings. The van der Waals surface area contributed by atoms with Gasteiger partial charge in [0.05, 0.1) is 7.85 Å². The van der Waals surface area contributed by atoms with Gasteiger partial charge in [-0.2, -0.15) is 0 Å². The molecule has 0 aromatic carbocycles. The molecular formula is C3H5BN2O4. The Morgan fingerprint density at radius 3 is 1.70 bits per heavy atom. The zero-order valence-electron chi connectivity index (χ0n) is 5.10. The van der Waals surface area contributed by atoms with Gasteiger partial charge in [-0.15, -0.1) is 0 Å². The van der Waals surface area contributed by atoms with Crippen molar-refractivity contribution in [2.24, 2.45) is 0 Å². The van der Waals surface area contributed by atoms with Gasteiger partial charge in [0.1, 0.15) is 0 Å². The fraction of sp³-hybridized carbons (Fsp3) is 1.00. The maximum Gasteiger partial charge on any atom is 0.205 e. The van der Waals surface area contributed by atoms with Crippen molar-refractivity contribution >= 4 is 7.85 Å². The summed E-state index contributed by atoms with van der Waals surface area (Å²) < 4.78 is 0. The molecule has 0 saturated heterocycles. The third-order valence-electron chi connectivity index (χ3n) is 0.767. The average molecular weight is 144 g/mol. The minimum absolute atomic E-state index is 0.555. The molecule has 0 heterocycles. The first-order chi connectivity index (χ1) is 4.52. The Labute approximate surface area is 57.9 Å². The first-order valence-corrected chi connectivity index (χ1v) is 2.51. The van der Waals surface area contributed by atoms with Gasteiger partial charge in [-0.05, 0) is 0 Å². The normalized spacial score (nSPS) is 9.70. The minimum Gasteiger partial charge on any atom is -0.265 e. The first kappa shape index (κ1) is 8.86. The van der Waals surface area contributed by atoms with E-state index in [1.54, 1.807) is 0 Å². The van der Waals surface area contributed by atoms with Gasteiger partial charge in [0, 0.05) is 15.7 Å². The summed E-state index contributed by atoms with van der Waals surface area (Å²) in [6.45, 7) is -1.11. The van der Waals surface area contributed by atoms with E-state index in [4.69, 9.17) is 7.85 Å². The van der Waals surface area contributed by atoms with Gasteiger partial charge >= 0.3 is 0 Å². The van der Waals surface area contributed by atoms with Crippen molar-refractivity contribution in [2.75, 3.05) is 13.1 Å². The molecule has 10 heavy (non-hydrogen) atoms. The molecule has 0 N–H and O–H groups in total. The van der Waals surface area contributed by atoms with Crippen LogP contribution in [0.3, 0.4) is 0 Å². The fourth-order valence-electron chi connectivity index (χ4n) is 0.441. The van der Waals surface area contributed by atoms with Crippen LogP contribution in [0.4, 0.5) is 0 Å². The summed E-state index contributed by atoms with van der Waals surface area (Å²) in [6, 6.07) is 0. The molecule has 0 atom stereocenters. The lowest BCUT2D eigenvalue weighted by Gasteiger charge is -1.98. The summed E-state index contributed by atoms with van der Waals surface area (Å²) in [5.74, 6) is -0.981. The minimum atomic E-state index is -0.981. The standard InChI is InChI=1S/C3H5BN2O4/c4-3(1-5(7)8)2-6(9)10/h3H,1-2H2. The monoisotopic (exact) mass is 144 g/mol. The van der Waals surface area contributed by atoms with E-state index in [0.29, 0.717) is 0 Å². The van der Waals surface area contributed by atoms with E-state index in [2.05, 4.69) is 0 Å². The molecule has 6 nitrogen and oxygen atoms in total. The van der Waals surface area contributed by atoms with Crippen molar-refractivity contribution in [3.63, 3.8) is 0 Å². The molecule has 0 spiro atoms. The Bertz CT molecular complexity index is 133. The Morgan fingerprint density at radius 1 is 1.20 bits per heavy atom. The highest BCUT2D eigenvalue weighted by atomic mass is 16.6. The van der Waals surface area contributed by atoms with Crippen LogP contribution in [0.15, 0.2) is 0 Å². The Kier molecular flexibility index (Phi) is 3.38. The maximum absolute atomic E-state index is 9.69. The van der Waals surface area contributed by atoms with Crippen molar-refractivity contribution < 1.29 is 9.85 Å². The highest BCUT2D eigenvalue weighted by molar-refractivity contribution is 6.11. The van der Waals surface area contributed by atoms with E-state index in [0.717, 1.165) is 0 Å². The third-order valence-corrected chi connectivity index (χ3v) is 0.767. The van der Waals surface area contributed by atoms with Gasteiger partial charge in [0.2, 0.25) is 13.1 Å². The zero-order valence-corrected chi connectivity index (χ0v) is 5.10. The lowest BCUT2D eigenvalue weighted by atomic mass is 9.88. The Morgan fingerprint density at radius 2 is 1.50 bits per heavy atom. The topological polar surface area (TPSA) is 86.3 Å². The number of nitrogens with zero attached hydrogens (tertiary/aromatic N) is 2. The molecular weight excluding hydrogens is 139 g/mol. The van der Waals surface area contributed by atoms with Crippen LogP contribution in [0, 0.1) is 20.2 Å². The first-order valence-electron chi connectivity index (χ1n) is 2.51. The molecule has 0 saturated carbocycles. The van der Waals surface area contributed by atoms with Gasteiger partial charge in [-0.1, -0.05) is 0 Å². The van der Waals surface area contributed by atoms with E-state index in [9.17, 15) is 20.2 Å². The van der Waals surface area contributed by atoms with Gasteiger partial charge in [0.25, 0.3) is 0 Å². The SMILES string of the molecule is [B]C(C[N+](=O)[O-])C[N+](=O)[O-]. The van der Waals surface area contributed by atoms with E-state index in [1.165, 1.54) is 0 Å². The number of hydrogen-bond acceptors (Lipinski definition) is 4. The number of nitro groups is 2. The lowest BCUT2D eigenvalue weighted by molar-refractivity contribution is -0.510. The fourth-order valence-corrected chi connectivity index (χ4v) is 0.441. The van der Waals surface area contributed by atoms with Crippen LogP contribution < -0.4 is 0 Å². The molecule has 0 unspecified atom stereocenters. The van der Waals surface area contributed by atoms with Crippen LogP contribution in [-0.2, 0) is 0 Å². The largest absolute Gasteiger partial charge is 0.265 e. The second kappa shape index (κ2) is 3.81. The highest BCUT2D eigenvalue weighted by Crippen LogP contribution is 1.97. The molecule has 0 amide bonds. The van der Waals surface area contributed by atoms with Crippen molar-refractivity contribution in [2.45, 2.75) is 5.82 Å². The lowest BCUT2D eigenvalue weighted by Crippen LogP contribution is -2.17. The smallest absolute Gasteiger partial charge is 0.205 e. The van der Waals surface area contributed by atoms with Crippen molar-refractivity contribution in [3.05, 3.63) is 20.2 Å². The summed E-state index contributed by atoms with van der Waals surface area (Å²) >= 11 is 0. The van der Waals surface area contributed by atoms with Crippen molar-refractivity contribution in [3.8, 4) is 0 Å². The summed E-state index contributed by atoms with van der Waals surface area (Å²) in [4.78, 5) is 18.0. The van der Waals surface area contributed by atoms with Gasteiger partial charge in [-0.3, -0.25) is 20.2 Å². The predicted molar refractivity (Wildman–Crippen MR) is 33.2 cm³/mol. The van der Waals surface area contributed by atoms with E-state index in [-0.39, 0.29) is 0 Å². The molecule has 0 rings (SSSR count). The van der Waals surface area contributed by atoms with Crippen LogP contribution >= 0.6 is 0 Å². The maximum atomic E-state index is 9.69. The summed E-state index contributed by atoms with van der Waals surface area (Å²) in [6.07, 6.45) is 0. The van der Waals surface area contributed by atoms with Crippen molar-refractivity contribution in [1.29, 1.82) is 0 Å². The van der Waals surface area contributed by atoms with Crippen LogP contribution in [-0.4, -0.2) is 30.8 Å². The van der Waals surface area contributed by atoms with Gasteiger partial charge < -0.3 is 0 Å². The van der Waals surface area contributed by atoms with Crippen LogP contribution in [0.1, 0.15) is 0 Å². The molecule has 0 fully saturated rings. The second-order valence-electron chi connectivity index (χ2n) is 1.79. The molecule has 54 valence electrons. The third kappa shape index (κ3) is 5.01.